The molecule has 1 aliphatic heterocycles. The van der Waals surface area contributed by atoms with E-state index in [0.717, 1.165) is 0 Å². The van der Waals surface area contributed by atoms with Crippen LogP contribution in [-0.2, 0) is 4.74 Å². The summed E-state index contributed by atoms with van der Waals surface area (Å²) in [6.07, 6.45) is -1.20. The first-order valence-corrected chi connectivity index (χ1v) is 3.35. The maximum atomic E-state index is 9.03. The van der Waals surface area contributed by atoms with Crippen molar-refractivity contribution in [3.05, 3.63) is 0 Å². The quantitative estimate of drug-likeness (QED) is 0.438. The lowest BCUT2D eigenvalue weighted by molar-refractivity contribution is -0.197. The minimum absolute atomic E-state index is 0.145. The van der Waals surface area contributed by atoms with Gasteiger partial charge in [0.1, 0.15) is 0 Å². The summed E-state index contributed by atoms with van der Waals surface area (Å²) in [5, 5.41) is 26.5. The molecule has 60 valence electrons. The monoisotopic (exact) mass is 148 g/mol. The maximum Gasteiger partial charge on any atom is 0.157 e. The number of ether oxygens (including phenoxy) is 1. The predicted octanol–water partition coefficient (Wildman–Crippen LogP) is -1.16. The fourth-order valence-electron chi connectivity index (χ4n) is 1.08. The molecule has 4 heteroatoms. The third-order valence-corrected chi connectivity index (χ3v) is 1.56. The zero-order chi connectivity index (χ0) is 7.56. The zero-order valence-electron chi connectivity index (χ0n) is 5.60. The molecule has 3 atom stereocenters. The summed E-state index contributed by atoms with van der Waals surface area (Å²) in [7, 11) is 0. The number of hydrogen-bond acceptors (Lipinski definition) is 4. The molecular weight excluding hydrogens is 136 g/mol. The predicted molar refractivity (Wildman–Crippen MR) is 33.2 cm³/mol. The minimum Gasteiger partial charge on any atom is -0.394 e. The molecule has 0 aromatic heterocycles. The van der Waals surface area contributed by atoms with Crippen LogP contribution in [0.15, 0.2) is 0 Å². The first-order valence-electron chi connectivity index (χ1n) is 3.35. The summed E-state index contributed by atoms with van der Waals surface area (Å²) in [6.45, 7) is -0.145. The van der Waals surface area contributed by atoms with Gasteiger partial charge in [-0.15, -0.1) is 0 Å². The van der Waals surface area contributed by atoms with E-state index in [1.807, 2.05) is 0 Å². The van der Waals surface area contributed by atoms with Crippen molar-refractivity contribution < 1.29 is 20.1 Å². The van der Waals surface area contributed by atoms with Crippen LogP contribution in [0.4, 0.5) is 0 Å². The number of hydrogen-bond donors (Lipinski definition) is 3. The standard InChI is InChI=1S/C6H12O4/c7-3-5-1-4(8)2-6(9)10-5/h4-9H,1-3H2/t4-,5-,6-/m0/s1. The van der Waals surface area contributed by atoms with Crippen LogP contribution in [0.25, 0.3) is 0 Å². The third-order valence-electron chi connectivity index (χ3n) is 1.56. The van der Waals surface area contributed by atoms with Gasteiger partial charge in [0.2, 0.25) is 0 Å². The molecular formula is C6H12O4. The Morgan fingerprint density at radius 3 is 2.50 bits per heavy atom. The Hall–Kier alpha value is -0.160. The van der Waals surface area contributed by atoms with Crippen molar-refractivity contribution in [1.82, 2.24) is 0 Å². The molecule has 1 rings (SSSR count). The van der Waals surface area contributed by atoms with Gasteiger partial charge in [-0.05, 0) is 0 Å². The van der Waals surface area contributed by atoms with Gasteiger partial charge >= 0.3 is 0 Å². The van der Waals surface area contributed by atoms with E-state index >= 15 is 0 Å². The van der Waals surface area contributed by atoms with Gasteiger partial charge in [-0.3, -0.25) is 0 Å². The summed E-state index contributed by atoms with van der Waals surface area (Å²) in [6, 6.07) is 0. The maximum absolute atomic E-state index is 9.03. The van der Waals surface area contributed by atoms with Crippen molar-refractivity contribution in [2.45, 2.75) is 31.3 Å². The van der Waals surface area contributed by atoms with Crippen molar-refractivity contribution in [2.75, 3.05) is 6.61 Å². The highest BCUT2D eigenvalue weighted by Gasteiger charge is 2.25. The van der Waals surface area contributed by atoms with Gasteiger partial charge in [0.15, 0.2) is 6.29 Å². The summed E-state index contributed by atoms with van der Waals surface area (Å²) in [5.41, 5.74) is 0. The fourth-order valence-corrected chi connectivity index (χ4v) is 1.08. The van der Waals surface area contributed by atoms with Gasteiger partial charge in [-0.25, -0.2) is 0 Å². The Morgan fingerprint density at radius 1 is 1.30 bits per heavy atom. The third kappa shape index (κ3) is 1.91. The van der Waals surface area contributed by atoms with Crippen molar-refractivity contribution in [1.29, 1.82) is 0 Å². The molecule has 0 saturated carbocycles. The summed E-state index contributed by atoms with van der Waals surface area (Å²) in [5.74, 6) is 0. The van der Waals surface area contributed by atoms with E-state index in [9.17, 15) is 0 Å². The first-order chi connectivity index (χ1) is 4.72. The van der Waals surface area contributed by atoms with Crippen LogP contribution in [0.5, 0.6) is 0 Å². The normalized spacial score (nSPS) is 41.7. The number of aliphatic hydroxyl groups is 3. The average Bonchev–Trinajstić information content (AvgIpc) is 1.85. The average molecular weight is 148 g/mol. The van der Waals surface area contributed by atoms with E-state index < -0.39 is 18.5 Å². The Labute approximate surface area is 59.1 Å². The van der Waals surface area contributed by atoms with Gasteiger partial charge < -0.3 is 20.1 Å². The molecule has 0 unspecified atom stereocenters. The minimum atomic E-state index is -0.916. The van der Waals surface area contributed by atoms with E-state index in [1.54, 1.807) is 0 Å². The van der Waals surface area contributed by atoms with E-state index in [0.29, 0.717) is 6.42 Å². The van der Waals surface area contributed by atoms with Crippen LogP contribution in [0.2, 0.25) is 0 Å². The second-order valence-corrected chi connectivity index (χ2v) is 2.52. The molecule has 0 aromatic carbocycles. The largest absolute Gasteiger partial charge is 0.394 e. The lowest BCUT2D eigenvalue weighted by Gasteiger charge is -2.28. The highest BCUT2D eigenvalue weighted by Crippen LogP contribution is 2.17. The second-order valence-electron chi connectivity index (χ2n) is 2.52. The molecule has 1 heterocycles. The van der Waals surface area contributed by atoms with E-state index in [2.05, 4.69) is 0 Å². The molecule has 0 amide bonds. The highest BCUT2D eigenvalue weighted by atomic mass is 16.6. The smallest absolute Gasteiger partial charge is 0.157 e. The van der Waals surface area contributed by atoms with Gasteiger partial charge in [0, 0.05) is 12.8 Å². The molecule has 1 fully saturated rings. The van der Waals surface area contributed by atoms with Crippen molar-refractivity contribution in [3.8, 4) is 0 Å². The van der Waals surface area contributed by atoms with Crippen LogP contribution in [0.1, 0.15) is 12.8 Å². The van der Waals surface area contributed by atoms with Gasteiger partial charge in [-0.2, -0.15) is 0 Å². The highest BCUT2D eigenvalue weighted by molar-refractivity contribution is 4.71. The number of rotatable bonds is 1. The van der Waals surface area contributed by atoms with E-state index in [1.165, 1.54) is 0 Å². The van der Waals surface area contributed by atoms with E-state index in [-0.39, 0.29) is 13.0 Å². The summed E-state index contributed by atoms with van der Waals surface area (Å²) >= 11 is 0. The van der Waals surface area contributed by atoms with Crippen molar-refractivity contribution in [2.24, 2.45) is 0 Å². The Bertz CT molecular complexity index is 95.9. The second kappa shape index (κ2) is 3.30. The van der Waals surface area contributed by atoms with Crippen LogP contribution in [0, 0.1) is 0 Å². The molecule has 1 aliphatic rings. The molecule has 0 aromatic rings. The van der Waals surface area contributed by atoms with Crippen LogP contribution >= 0.6 is 0 Å². The molecule has 0 radical (unpaired) electrons. The van der Waals surface area contributed by atoms with Gasteiger partial charge in [0.05, 0.1) is 18.8 Å². The summed E-state index contributed by atoms with van der Waals surface area (Å²) < 4.78 is 4.85. The molecule has 3 N–H and O–H groups in total. The fraction of sp³-hybridized carbons (Fsp3) is 1.00. The molecule has 1 saturated heterocycles. The number of aliphatic hydroxyl groups excluding tert-OH is 3. The lowest BCUT2D eigenvalue weighted by Crippen LogP contribution is -2.37. The van der Waals surface area contributed by atoms with Gasteiger partial charge in [-0.1, -0.05) is 0 Å². The first kappa shape index (κ1) is 7.94. The van der Waals surface area contributed by atoms with Crippen LogP contribution in [0.3, 0.4) is 0 Å². The van der Waals surface area contributed by atoms with E-state index in [4.69, 9.17) is 20.1 Å². The Balaban J connectivity index is 2.35. The van der Waals surface area contributed by atoms with Crippen molar-refractivity contribution >= 4 is 0 Å². The molecule has 0 aliphatic carbocycles. The van der Waals surface area contributed by atoms with Crippen molar-refractivity contribution in [3.63, 3.8) is 0 Å². The van der Waals surface area contributed by atoms with Crippen LogP contribution < -0.4 is 0 Å². The zero-order valence-corrected chi connectivity index (χ0v) is 5.60. The molecule has 0 bridgehead atoms. The Kier molecular flexibility index (Phi) is 2.62. The molecule has 4 nitrogen and oxygen atoms in total. The van der Waals surface area contributed by atoms with Gasteiger partial charge in [0.25, 0.3) is 0 Å². The Morgan fingerprint density at radius 2 is 2.00 bits per heavy atom. The lowest BCUT2D eigenvalue weighted by atomic mass is 10.1. The van der Waals surface area contributed by atoms with Crippen LogP contribution in [-0.4, -0.2) is 40.4 Å². The SMILES string of the molecule is OC[C@@H]1C[C@H](O)C[C@@H](O)O1. The molecule has 10 heavy (non-hydrogen) atoms. The topological polar surface area (TPSA) is 69.9 Å². The molecule has 0 spiro atoms. The summed E-state index contributed by atoms with van der Waals surface area (Å²) in [4.78, 5) is 0.